The van der Waals surface area contributed by atoms with E-state index in [0.717, 1.165) is 25.7 Å². The summed E-state index contributed by atoms with van der Waals surface area (Å²) >= 11 is 0. The van der Waals surface area contributed by atoms with Crippen LogP contribution in [0.5, 0.6) is 0 Å². The molecular formula is C15H30N6O3. The maximum atomic E-state index is 12.1. The molecule has 2 atom stereocenters. The monoisotopic (exact) mass is 342 g/mol. The van der Waals surface area contributed by atoms with E-state index >= 15 is 0 Å². The highest BCUT2D eigenvalue weighted by Crippen LogP contribution is 2.16. The van der Waals surface area contributed by atoms with Crippen LogP contribution in [0.4, 0.5) is 14.4 Å². The van der Waals surface area contributed by atoms with Crippen LogP contribution in [0.15, 0.2) is 0 Å². The van der Waals surface area contributed by atoms with Gasteiger partial charge in [-0.3, -0.25) is 0 Å². The molecule has 0 aromatic rings. The maximum absolute atomic E-state index is 12.1. The van der Waals surface area contributed by atoms with E-state index in [4.69, 9.17) is 0 Å². The Bertz CT molecular complexity index is 407. The number of urea groups is 3. The topological polar surface area (TPSA) is 106 Å². The van der Waals surface area contributed by atoms with Gasteiger partial charge >= 0.3 is 18.1 Å². The summed E-state index contributed by atoms with van der Waals surface area (Å²) in [7, 11) is 3.18. The van der Waals surface area contributed by atoms with Crippen LogP contribution < -0.4 is 21.3 Å². The molecule has 1 saturated heterocycles. The highest BCUT2D eigenvalue weighted by molar-refractivity contribution is 5.82. The molecule has 9 heteroatoms. The molecule has 4 N–H and O–H groups in total. The largest absolute Gasteiger partial charge is 0.338 e. The Morgan fingerprint density at radius 2 is 1.25 bits per heavy atom. The molecule has 0 aromatic heterocycles. The van der Waals surface area contributed by atoms with Gasteiger partial charge in [0.05, 0.1) is 0 Å². The van der Waals surface area contributed by atoms with Crippen molar-refractivity contribution in [2.75, 3.05) is 27.2 Å². The van der Waals surface area contributed by atoms with E-state index in [9.17, 15) is 14.4 Å². The zero-order chi connectivity index (χ0) is 18.1. The molecule has 0 bridgehead atoms. The summed E-state index contributed by atoms with van der Waals surface area (Å²) in [5, 5.41) is 11.0. The zero-order valence-electron chi connectivity index (χ0n) is 15.0. The highest BCUT2D eigenvalue weighted by atomic mass is 16.2. The van der Waals surface area contributed by atoms with Crippen LogP contribution in [0, 0.1) is 0 Å². The van der Waals surface area contributed by atoms with Gasteiger partial charge in [-0.2, -0.15) is 0 Å². The van der Waals surface area contributed by atoms with Gasteiger partial charge in [0.15, 0.2) is 0 Å². The molecule has 0 unspecified atom stereocenters. The first kappa shape index (κ1) is 19.9. The molecule has 138 valence electrons. The van der Waals surface area contributed by atoms with Gasteiger partial charge in [0.1, 0.15) is 12.3 Å². The average Bonchev–Trinajstić information content (AvgIpc) is 2.73. The van der Waals surface area contributed by atoms with Crippen LogP contribution >= 0.6 is 0 Å². The van der Waals surface area contributed by atoms with Gasteiger partial charge in [-0.05, 0) is 12.8 Å². The second-order valence-electron chi connectivity index (χ2n) is 5.90. The number of unbranched alkanes of at least 4 members (excludes halogenated alkanes) is 2. The summed E-state index contributed by atoms with van der Waals surface area (Å²) in [5.74, 6) is 0. The summed E-state index contributed by atoms with van der Waals surface area (Å²) in [5.41, 5.74) is 0. The molecule has 0 aliphatic carbocycles. The average molecular weight is 342 g/mol. The molecule has 1 fully saturated rings. The summed E-state index contributed by atoms with van der Waals surface area (Å²) in [6.45, 7) is 5.21. The lowest BCUT2D eigenvalue weighted by atomic mass is 10.3. The lowest BCUT2D eigenvalue weighted by Gasteiger charge is -2.27. The standard InChI is InChI=1S/C15H30N6O3/c1-5-7-9-16-13(22)18-11-12(21(4)15(24)20(11)3)19-14(23)17-10-8-6-2/h11-12H,5-10H2,1-4H3,(H2,16,18,22)(H2,17,19,23)/t11-,12-/m1/s1. The van der Waals surface area contributed by atoms with Crippen molar-refractivity contribution in [3.8, 4) is 0 Å². The van der Waals surface area contributed by atoms with Crippen LogP contribution in [-0.4, -0.2) is 67.4 Å². The lowest BCUT2D eigenvalue weighted by Crippen LogP contribution is -2.59. The van der Waals surface area contributed by atoms with Crippen molar-refractivity contribution >= 4 is 18.1 Å². The summed E-state index contributed by atoms with van der Waals surface area (Å²) in [4.78, 5) is 38.9. The molecule has 9 nitrogen and oxygen atoms in total. The van der Waals surface area contributed by atoms with Gasteiger partial charge in [0.25, 0.3) is 0 Å². The maximum Gasteiger partial charge on any atom is 0.323 e. The van der Waals surface area contributed by atoms with Crippen molar-refractivity contribution in [3.05, 3.63) is 0 Å². The van der Waals surface area contributed by atoms with Crippen LogP contribution in [-0.2, 0) is 0 Å². The Balaban J connectivity index is 2.62. The normalized spacial score (nSPS) is 20.1. The smallest absolute Gasteiger partial charge is 0.323 e. The van der Waals surface area contributed by atoms with Crippen LogP contribution in [0.25, 0.3) is 0 Å². The van der Waals surface area contributed by atoms with Crippen molar-refractivity contribution in [2.24, 2.45) is 0 Å². The van der Waals surface area contributed by atoms with Gasteiger partial charge in [-0.25, -0.2) is 14.4 Å². The third-order valence-corrected chi connectivity index (χ3v) is 3.93. The first-order valence-electron chi connectivity index (χ1n) is 8.50. The third-order valence-electron chi connectivity index (χ3n) is 3.93. The van der Waals surface area contributed by atoms with Gasteiger partial charge in [-0.1, -0.05) is 26.7 Å². The van der Waals surface area contributed by atoms with Crippen LogP contribution in [0.2, 0.25) is 0 Å². The van der Waals surface area contributed by atoms with Crippen molar-refractivity contribution in [1.29, 1.82) is 0 Å². The molecular weight excluding hydrogens is 312 g/mol. The number of hydrogen-bond acceptors (Lipinski definition) is 3. The Morgan fingerprint density at radius 3 is 1.58 bits per heavy atom. The molecule has 0 spiro atoms. The van der Waals surface area contributed by atoms with E-state index in [-0.39, 0.29) is 18.1 Å². The lowest BCUT2D eigenvalue weighted by molar-refractivity contribution is 0.193. The first-order chi connectivity index (χ1) is 11.4. The summed E-state index contributed by atoms with van der Waals surface area (Å²) in [6, 6.07) is -0.990. The molecule has 1 aliphatic heterocycles. The minimum absolute atomic E-state index is 0.271. The number of rotatable bonds is 8. The van der Waals surface area contributed by atoms with E-state index in [2.05, 4.69) is 21.3 Å². The van der Waals surface area contributed by atoms with Crippen molar-refractivity contribution < 1.29 is 14.4 Å². The van der Waals surface area contributed by atoms with Gasteiger partial charge in [0, 0.05) is 27.2 Å². The SMILES string of the molecule is CCCCNC(=O)N[C@H]1[C@H](NC(=O)NCCCC)N(C)C(=O)N1C. The Kier molecular flexibility index (Phi) is 8.14. The molecule has 0 radical (unpaired) electrons. The highest BCUT2D eigenvalue weighted by Gasteiger charge is 2.43. The van der Waals surface area contributed by atoms with Crippen molar-refractivity contribution in [1.82, 2.24) is 31.1 Å². The predicted octanol–water partition coefficient (Wildman–Crippen LogP) is 0.834. The summed E-state index contributed by atoms with van der Waals surface area (Å²) in [6.07, 6.45) is 2.45. The van der Waals surface area contributed by atoms with E-state index in [1.807, 2.05) is 13.8 Å². The number of carbonyl (C=O) groups excluding carboxylic acids is 3. The van der Waals surface area contributed by atoms with Crippen LogP contribution in [0.3, 0.4) is 0 Å². The van der Waals surface area contributed by atoms with E-state index < -0.39 is 12.3 Å². The van der Waals surface area contributed by atoms with Gasteiger partial charge in [-0.15, -0.1) is 0 Å². The fourth-order valence-electron chi connectivity index (χ4n) is 2.39. The van der Waals surface area contributed by atoms with Gasteiger partial charge in [0.2, 0.25) is 0 Å². The molecule has 0 aromatic carbocycles. The molecule has 0 saturated carbocycles. The minimum Gasteiger partial charge on any atom is -0.338 e. The number of amides is 6. The van der Waals surface area contributed by atoms with Crippen LogP contribution in [0.1, 0.15) is 39.5 Å². The molecule has 24 heavy (non-hydrogen) atoms. The molecule has 1 rings (SSSR count). The quantitative estimate of drug-likeness (QED) is 0.491. The summed E-state index contributed by atoms with van der Waals surface area (Å²) < 4.78 is 0. The molecule has 6 amide bonds. The van der Waals surface area contributed by atoms with Crippen molar-refractivity contribution in [2.45, 2.75) is 51.9 Å². The number of carbonyl (C=O) groups is 3. The molecule has 1 aliphatic rings. The van der Waals surface area contributed by atoms with E-state index in [1.165, 1.54) is 9.80 Å². The number of hydrogen-bond donors (Lipinski definition) is 4. The van der Waals surface area contributed by atoms with E-state index in [1.54, 1.807) is 14.1 Å². The Morgan fingerprint density at radius 1 is 0.875 bits per heavy atom. The number of likely N-dealkylation sites (N-methyl/N-ethyl adjacent to an activating group) is 2. The third kappa shape index (κ3) is 5.47. The number of nitrogens with zero attached hydrogens (tertiary/aromatic N) is 2. The predicted molar refractivity (Wildman–Crippen MR) is 91.4 cm³/mol. The minimum atomic E-state index is -0.638. The molecule has 1 heterocycles. The zero-order valence-corrected chi connectivity index (χ0v) is 15.0. The van der Waals surface area contributed by atoms with Gasteiger partial charge < -0.3 is 31.1 Å². The Labute approximate surface area is 143 Å². The second kappa shape index (κ2) is 9.84. The Hall–Kier alpha value is -2.19. The fraction of sp³-hybridized carbons (Fsp3) is 0.800. The first-order valence-corrected chi connectivity index (χ1v) is 8.50. The van der Waals surface area contributed by atoms with E-state index in [0.29, 0.717) is 13.1 Å². The number of nitrogens with one attached hydrogen (secondary N) is 4. The fourth-order valence-corrected chi connectivity index (χ4v) is 2.39. The second-order valence-corrected chi connectivity index (χ2v) is 5.90. The van der Waals surface area contributed by atoms with Crippen molar-refractivity contribution in [3.63, 3.8) is 0 Å².